The Morgan fingerprint density at radius 3 is 2.32 bits per heavy atom. The van der Waals surface area contributed by atoms with Crippen molar-refractivity contribution in [3.8, 4) is 0 Å². The summed E-state index contributed by atoms with van der Waals surface area (Å²) in [5.74, 6) is -0.165. The van der Waals surface area contributed by atoms with Crippen molar-refractivity contribution in [2.24, 2.45) is 0 Å². The number of rotatable bonds is 9. The number of aryl methyl sites for hydroxylation is 2. The van der Waals surface area contributed by atoms with Crippen LogP contribution in [0.4, 0.5) is 4.39 Å². The van der Waals surface area contributed by atoms with Gasteiger partial charge in [-0.15, -0.1) is 0 Å². The smallest absolute Gasteiger partial charge is 0.123 e. The number of hydrogen-bond donors (Lipinski definition) is 1. The Hall–Kier alpha value is -0.970. The third-order valence-corrected chi connectivity index (χ3v) is 3.06. The SMILES string of the molecule is COCCNCCOCCc1c(C)cc(F)cc1C. The van der Waals surface area contributed by atoms with Crippen LogP contribution in [0.15, 0.2) is 12.1 Å². The first kappa shape index (κ1) is 16.1. The summed E-state index contributed by atoms with van der Waals surface area (Å²) in [6, 6.07) is 3.16. The van der Waals surface area contributed by atoms with Gasteiger partial charge in [0.15, 0.2) is 0 Å². The van der Waals surface area contributed by atoms with E-state index < -0.39 is 0 Å². The maximum atomic E-state index is 13.1. The monoisotopic (exact) mass is 269 g/mol. The Bertz CT molecular complexity index is 359. The first-order chi connectivity index (χ1) is 9.15. The highest BCUT2D eigenvalue weighted by atomic mass is 19.1. The van der Waals surface area contributed by atoms with E-state index in [0.29, 0.717) is 19.8 Å². The average Bonchev–Trinajstić information content (AvgIpc) is 2.35. The highest BCUT2D eigenvalue weighted by molar-refractivity contribution is 5.34. The van der Waals surface area contributed by atoms with Crippen LogP contribution in [-0.4, -0.2) is 40.0 Å². The maximum Gasteiger partial charge on any atom is 0.123 e. The van der Waals surface area contributed by atoms with Crippen LogP contribution in [-0.2, 0) is 15.9 Å². The van der Waals surface area contributed by atoms with E-state index in [1.54, 1.807) is 19.2 Å². The molecule has 0 fully saturated rings. The van der Waals surface area contributed by atoms with Gasteiger partial charge in [-0.2, -0.15) is 0 Å². The molecule has 0 aliphatic carbocycles. The summed E-state index contributed by atoms with van der Waals surface area (Å²) in [4.78, 5) is 0. The topological polar surface area (TPSA) is 30.5 Å². The number of hydrogen-bond acceptors (Lipinski definition) is 3. The van der Waals surface area contributed by atoms with Crippen molar-refractivity contribution in [2.75, 3.05) is 40.0 Å². The van der Waals surface area contributed by atoms with Crippen molar-refractivity contribution < 1.29 is 13.9 Å². The van der Waals surface area contributed by atoms with E-state index in [4.69, 9.17) is 9.47 Å². The van der Waals surface area contributed by atoms with Crippen LogP contribution in [0.1, 0.15) is 16.7 Å². The van der Waals surface area contributed by atoms with Gasteiger partial charge in [-0.05, 0) is 49.1 Å². The molecule has 3 nitrogen and oxygen atoms in total. The second-order valence-electron chi connectivity index (χ2n) is 4.62. The fraction of sp³-hybridized carbons (Fsp3) is 0.600. The van der Waals surface area contributed by atoms with Crippen LogP contribution in [0, 0.1) is 19.7 Å². The molecule has 0 atom stereocenters. The fourth-order valence-electron chi connectivity index (χ4n) is 2.05. The van der Waals surface area contributed by atoms with Gasteiger partial charge in [0.25, 0.3) is 0 Å². The van der Waals surface area contributed by atoms with E-state index in [0.717, 1.165) is 30.6 Å². The Morgan fingerprint density at radius 2 is 1.68 bits per heavy atom. The second-order valence-corrected chi connectivity index (χ2v) is 4.62. The molecule has 0 spiro atoms. The average molecular weight is 269 g/mol. The number of ether oxygens (including phenoxy) is 2. The van der Waals surface area contributed by atoms with Crippen LogP contribution in [0.5, 0.6) is 0 Å². The number of halogens is 1. The Kier molecular flexibility index (Phi) is 7.63. The molecule has 0 radical (unpaired) electrons. The zero-order valence-electron chi connectivity index (χ0n) is 12.1. The molecule has 0 saturated heterocycles. The van der Waals surface area contributed by atoms with Gasteiger partial charge in [0.05, 0.1) is 19.8 Å². The molecule has 0 aromatic heterocycles. The second kappa shape index (κ2) is 9.02. The number of benzene rings is 1. The summed E-state index contributed by atoms with van der Waals surface area (Å²) >= 11 is 0. The van der Waals surface area contributed by atoms with Gasteiger partial charge in [-0.25, -0.2) is 4.39 Å². The lowest BCUT2D eigenvalue weighted by Crippen LogP contribution is -2.24. The summed E-state index contributed by atoms with van der Waals surface area (Å²) in [7, 11) is 1.69. The molecule has 0 aliphatic heterocycles. The normalized spacial score (nSPS) is 10.9. The summed E-state index contributed by atoms with van der Waals surface area (Å²) in [5, 5.41) is 3.22. The van der Waals surface area contributed by atoms with Crippen molar-refractivity contribution in [2.45, 2.75) is 20.3 Å². The maximum absolute atomic E-state index is 13.1. The van der Waals surface area contributed by atoms with Gasteiger partial charge in [0.2, 0.25) is 0 Å². The van der Waals surface area contributed by atoms with E-state index >= 15 is 0 Å². The number of methoxy groups -OCH3 is 1. The van der Waals surface area contributed by atoms with E-state index in [2.05, 4.69) is 5.32 Å². The zero-order chi connectivity index (χ0) is 14.1. The van der Waals surface area contributed by atoms with Crippen LogP contribution < -0.4 is 5.32 Å². The molecule has 1 aromatic rings. The molecule has 0 heterocycles. The third-order valence-electron chi connectivity index (χ3n) is 3.06. The molecular weight excluding hydrogens is 245 g/mol. The summed E-state index contributed by atoms with van der Waals surface area (Å²) in [5.41, 5.74) is 3.19. The van der Waals surface area contributed by atoms with Gasteiger partial charge in [0.1, 0.15) is 5.82 Å². The minimum absolute atomic E-state index is 0.165. The molecule has 19 heavy (non-hydrogen) atoms. The lowest BCUT2D eigenvalue weighted by molar-refractivity contribution is 0.135. The predicted molar refractivity (Wildman–Crippen MR) is 75.1 cm³/mol. The zero-order valence-corrected chi connectivity index (χ0v) is 12.1. The third kappa shape index (κ3) is 6.14. The standard InChI is InChI=1S/C15H24FNO2/c1-12-10-14(16)11-13(2)15(12)4-7-19-9-6-17-5-8-18-3/h10-11,17H,4-9H2,1-3H3. The van der Waals surface area contributed by atoms with Crippen molar-refractivity contribution in [1.29, 1.82) is 0 Å². The molecule has 4 heteroatoms. The van der Waals surface area contributed by atoms with Gasteiger partial charge in [0, 0.05) is 20.2 Å². The summed E-state index contributed by atoms with van der Waals surface area (Å²) < 4.78 is 23.6. The highest BCUT2D eigenvalue weighted by Crippen LogP contribution is 2.16. The minimum atomic E-state index is -0.165. The lowest BCUT2D eigenvalue weighted by Gasteiger charge is -2.11. The molecule has 0 saturated carbocycles. The fourth-order valence-corrected chi connectivity index (χ4v) is 2.05. The van der Waals surface area contributed by atoms with Crippen molar-refractivity contribution in [1.82, 2.24) is 5.32 Å². The van der Waals surface area contributed by atoms with Crippen LogP contribution in [0.3, 0.4) is 0 Å². The predicted octanol–water partition coefficient (Wildman–Crippen LogP) is 2.24. The molecule has 1 rings (SSSR count). The minimum Gasteiger partial charge on any atom is -0.383 e. The molecule has 0 bridgehead atoms. The van der Waals surface area contributed by atoms with Gasteiger partial charge in [-0.1, -0.05) is 0 Å². The molecule has 0 amide bonds. The van der Waals surface area contributed by atoms with Gasteiger partial charge >= 0.3 is 0 Å². The molecule has 108 valence electrons. The molecule has 0 aliphatic rings. The quantitative estimate of drug-likeness (QED) is 0.697. The first-order valence-electron chi connectivity index (χ1n) is 6.68. The Balaban J connectivity index is 2.19. The first-order valence-corrected chi connectivity index (χ1v) is 6.68. The summed E-state index contributed by atoms with van der Waals surface area (Å²) in [6.07, 6.45) is 0.829. The number of nitrogens with one attached hydrogen (secondary N) is 1. The van der Waals surface area contributed by atoms with Crippen molar-refractivity contribution in [3.63, 3.8) is 0 Å². The van der Waals surface area contributed by atoms with Crippen molar-refractivity contribution in [3.05, 3.63) is 34.6 Å². The van der Waals surface area contributed by atoms with E-state index in [1.165, 1.54) is 5.56 Å². The van der Waals surface area contributed by atoms with E-state index in [9.17, 15) is 4.39 Å². The Labute approximate surface area is 115 Å². The van der Waals surface area contributed by atoms with Crippen LogP contribution in [0.25, 0.3) is 0 Å². The molecule has 0 unspecified atom stereocenters. The largest absolute Gasteiger partial charge is 0.383 e. The highest BCUT2D eigenvalue weighted by Gasteiger charge is 2.05. The van der Waals surface area contributed by atoms with Crippen molar-refractivity contribution >= 4 is 0 Å². The molecule has 1 N–H and O–H groups in total. The molecule has 1 aromatic carbocycles. The molecular formula is C15H24FNO2. The van der Waals surface area contributed by atoms with E-state index in [1.807, 2.05) is 13.8 Å². The van der Waals surface area contributed by atoms with Crippen LogP contribution in [0.2, 0.25) is 0 Å². The Morgan fingerprint density at radius 1 is 1.05 bits per heavy atom. The van der Waals surface area contributed by atoms with Gasteiger partial charge in [-0.3, -0.25) is 0 Å². The van der Waals surface area contributed by atoms with Gasteiger partial charge < -0.3 is 14.8 Å². The van der Waals surface area contributed by atoms with E-state index in [-0.39, 0.29) is 5.82 Å². The summed E-state index contributed by atoms with van der Waals surface area (Å²) in [6.45, 7) is 7.62. The van der Waals surface area contributed by atoms with Crippen LogP contribution >= 0.6 is 0 Å². The lowest BCUT2D eigenvalue weighted by atomic mass is 10.0.